The summed E-state index contributed by atoms with van der Waals surface area (Å²) in [6.45, 7) is 5.31. The fraction of sp³-hybridized carbons (Fsp3) is 0.615. The van der Waals surface area contributed by atoms with Gasteiger partial charge < -0.3 is 35.6 Å². The molecular weight excluding hydrogens is 478 g/mol. The molecule has 11 nitrogen and oxygen atoms in total. The van der Waals surface area contributed by atoms with Crippen LogP contribution in [0, 0.1) is 0 Å². The number of carbonyl (C=O) groups is 4. The topological polar surface area (TPSA) is 140 Å². The summed E-state index contributed by atoms with van der Waals surface area (Å²) in [7, 11) is 1.54. The molecule has 2 aliphatic heterocycles. The molecule has 0 radical (unpaired) electrons. The number of likely N-dealkylation sites (tertiary alicyclic amines) is 1. The van der Waals surface area contributed by atoms with E-state index in [2.05, 4.69) is 20.9 Å². The van der Waals surface area contributed by atoms with Crippen LogP contribution in [-0.4, -0.2) is 103 Å². The molecule has 1 fully saturated rings. The van der Waals surface area contributed by atoms with Gasteiger partial charge >= 0.3 is 0 Å². The molecule has 0 aromatic heterocycles. The highest BCUT2D eigenvalue weighted by atomic mass is 16.5. The van der Waals surface area contributed by atoms with Crippen LogP contribution in [0.2, 0.25) is 0 Å². The van der Waals surface area contributed by atoms with E-state index in [0.717, 1.165) is 32.5 Å². The van der Waals surface area contributed by atoms with Crippen molar-refractivity contribution in [2.24, 2.45) is 0 Å². The summed E-state index contributed by atoms with van der Waals surface area (Å²) < 4.78 is 5.76. The van der Waals surface area contributed by atoms with Gasteiger partial charge in [0.2, 0.25) is 17.7 Å². The molecule has 1 aromatic carbocycles. The monoisotopic (exact) mass is 517 g/mol. The summed E-state index contributed by atoms with van der Waals surface area (Å²) in [5, 5.41) is 18.1. The first kappa shape index (κ1) is 28.4. The Labute approximate surface area is 217 Å². The van der Waals surface area contributed by atoms with Gasteiger partial charge in [0.05, 0.1) is 24.6 Å². The highest BCUT2D eigenvalue weighted by Gasteiger charge is 2.31. The van der Waals surface area contributed by atoms with Crippen LogP contribution < -0.4 is 20.7 Å². The molecule has 2 aliphatic rings. The van der Waals surface area contributed by atoms with Gasteiger partial charge in [-0.2, -0.15) is 0 Å². The summed E-state index contributed by atoms with van der Waals surface area (Å²) in [4.78, 5) is 55.6. The molecular formula is C26H39N5O6. The molecule has 11 heteroatoms. The lowest BCUT2D eigenvalue weighted by Crippen LogP contribution is -2.55. The zero-order chi connectivity index (χ0) is 26.8. The van der Waals surface area contributed by atoms with Crippen LogP contribution in [0.15, 0.2) is 24.3 Å². The molecule has 4 amide bonds. The summed E-state index contributed by atoms with van der Waals surface area (Å²) >= 11 is 0. The second-order valence-electron chi connectivity index (χ2n) is 9.67. The number of aliphatic hydroxyl groups excluding tert-OH is 1. The number of unbranched alkanes of at least 4 members (excludes halogenated alkanes) is 1. The Balaban J connectivity index is 1.72. The minimum atomic E-state index is -1.20. The number of ether oxygens (including phenoxy) is 1. The quantitative estimate of drug-likeness (QED) is 0.370. The Morgan fingerprint density at radius 1 is 1.14 bits per heavy atom. The average molecular weight is 518 g/mol. The van der Waals surface area contributed by atoms with E-state index >= 15 is 0 Å². The van der Waals surface area contributed by atoms with Gasteiger partial charge in [-0.1, -0.05) is 12.1 Å². The Morgan fingerprint density at radius 2 is 1.86 bits per heavy atom. The molecule has 204 valence electrons. The van der Waals surface area contributed by atoms with Gasteiger partial charge in [-0.25, -0.2) is 0 Å². The lowest BCUT2D eigenvalue weighted by atomic mass is 10.1. The van der Waals surface area contributed by atoms with Gasteiger partial charge in [-0.15, -0.1) is 0 Å². The molecule has 2 heterocycles. The number of carbonyl (C=O) groups excluding carboxylic acids is 4. The van der Waals surface area contributed by atoms with Gasteiger partial charge in [-0.05, 0) is 64.4 Å². The number of amides is 4. The minimum Gasteiger partial charge on any atom is -0.491 e. The lowest BCUT2D eigenvalue weighted by molar-refractivity contribution is -0.139. The predicted octanol–water partition coefficient (Wildman–Crippen LogP) is -0.116. The summed E-state index contributed by atoms with van der Waals surface area (Å²) in [5.41, 5.74) is 0.221. The van der Waals surface area contributed by atoms with E-state index < -0.39 is 48.2 Å². The van der Waals surface area contributed by atoms with Crippen LogP contribution in [0.5, 0.6) is 5.75 Å². The first-order chi connectivity index (χ1) is 17.8. The third kappa shape index (κ3) is 8.43. The number of hydrogen-bond donors (Lipinski definition) is 4. The maximum absolute atomic E-state index is 13.1. The molecule has 37 heavy (non-hydrogen) atoms. The number of para-hydroxylation sites is 1. The highest BCUT2D eigenvalue weighted by molar-refractivity contribution is 6.01. The van der Waals surface area contributed by atoms with Crippen molar-refractivity contribution in [3.63, 3.8) is 0 Å². The van der Waals surface area contributed by atoms with Crippen molar-refractivity contribution in [3.05, 3.63) is 29.8 Å². The van der Waals surface area contributed by atoms with Crippen LogP contribution >= 0.6 is 0 Å². The van der Waals surface area contributed by atoms with Gasteiger partial charge in [-0.3, -0.25) is 19.2 Å². The maximum Gasteiger partial charge on any atom is 0.255 e. The molecule has 0 bridgehead atoms. The molecule has 0 saturated carbocycles. The standard InChI is InChI=1S/C26H39N5O6/c1-18(32)23-26(36)30(2)15-16-37-21-10-4-3-9-19(21)24(34)28-20(17-22(33)29-23)25(35)27-11-5-6-12-31-13-7-8-14-31/h3-4,9-10,18,20,23,32H,5-8,11-17H2,1-2H3,(H,27,35)(H,28,34)(H,29,33)/t18-,20+,23+/m1/s1. The second kappa shape index (κ2) is 13.9. The van der Waals surface area contributed by atoms with Crippen molar-refractivity contribution < 1.29 is 29.0 Å². The molecule has 0 aliphatic carbocycles. The zero-order valence-corrected chi connectivity index (χ0v) is 21.7. The molecule has 0 unspecified atom stereocenters. The van der Waals surface area contributed by atoms with E-state index in [-0.39, 0.29) is 18.7 Å². The first-order valence-corrected chi connectivity index (χ1v) is 13.0. The van der Waals surface area contributed by atoms with Crippen LogP contribution in [0.3, 0.4) is 0 Å². The number of nitrogens with zero attached hydrogens (tertiary/aromatic N) is 2. The Morgan fingerprint density at radius 3 is 2.59 bits per heavy atom. The van der Waals surface area contributed by atoms with Crippen molar-refractivity contribution in [2.45, 2.75) is 57.2 Å². The summed E-state index contributed by atoms with van der Waals surface area (Å²) in [6, 6.07) is 4.22. The smallest absolute Gasteiger partial charge is 0.255 e. The van der Waals surface area contributed by atoms with E-state index in [4.69, 9.17) is 4.74 Å². The summed E-state index contributed by atoms with van der Waals surface area (Å²) in [6.07, 6.45) is 2.61. The van der Waals surface area contributed by atoms with E-state index in [9.17, 15) is 24.3 Å². The predicted molar refractivity (Wildman–Crippen MR) is 137 cm³/mol. The average Bonchev–Trinajstić information content (AvgIpc) is 3.39. The fourth-order valence-electron chi connectivity index (χ4n) is 4.47. The number of benzene rings is 1. The number of fused-ring (bicyclic) bond motifs is 1. The highest BCUT2D eigenvalue weighted by Crippen LogP contribution is 2.18. The Hall–Kier alpha value is -3.18. The normalized spacial score (nSPS) is 22.8. The van der Waals surface area contributed by atoms with Crippen LogP contribution in [0.1, 0.15) is 49.4 Å². The SMILES string of the molecule is C[C@@H](O)[C@@H]1NC(=O)C[C@@H](C(=O)NCCCCN2CCCC2)NC(=O)c2ccccc2OCCN(C)C1=O. The van der Waals surface area contributed by atoms with Crippen molar-refractivity contribution in [1.82, 2.24) is 25.8 Å². The first-order valence-electron chi connectivity index (χ1n) is 13.0. The lowest BCUT2D eigenvalue weighted by Gasteiger charge is -2.28. The van der Waals surface area contributed by atoms with E-state index in [1.54, 1.807) is 24.3 Å². The number of rotatable bonds is 7. The van der Waals surface area contributed by atoms with Gasteiger partial charge in [0, 0.05) is 13.6 Å². The third-order valence-corrected chi connectivity index (χ3v) is 6.67. The maximum atomic E-state index is 13.1. The number of hydrogen-bond acceptors (Lipinski definition) is 7. The van der Waals surface area contributed by atoms with Gasteiger partial charge in [0.15, 0.2) is 0 Å². The molecule has 3 rings (SSSR count). The molecule has 1 saturated heterocycles. The molecule has 1 aromatic rings. The Kier molecular flexibility index (Phi) is 10.7. The van der Waals surface area contributed by atoms with E-state index in [0.29, 0.717) is 12.3 Å². The minimum absolute atomic E-state index is 0.0916. The van der Waals surface area contributed by atoms with Gasteiger partial charge in [0.1, 0.15) is 24.4 Å². The van der Waals surface area contributed by atoms with Crippen molar-refractivity contribution in [2.75, 3.05) is 46.4 Å². The Bertz CT molecular complexity index is 949. The largest absolute Gasteiger partial charge is 0.491 e. The van der Waals surface area contributed by atoms with Crippen LogP contribution in [-0.2, 0) is 14.4 Å². The zero-order valence-electron chi connectivity index (χ0n) is 21.7. The van der Waals surface area contributed by atoms with Crippen molar-refractivity contribution in [1.29, 1.82) is 0 Å². The number of likely N-dealkylation sites (N-methyl/N-ethyl adjacent to an activating group) is 1. The number of aliphatic hydroxyl groups is 1. The fourth-order valence-corrected chi connectivity index (χ4v) is 4.47. The summed E-state index contributed by atoms with van der Waals surface area (Å²) in [5.74, 6) is -1.86. The van der Waals surface area contributed by atoms with Crippen molar-refractivity contribution >= 4 is 23.6 Å². The van der Waals surface area contributed by atoms with Crippen molar-refractivity contribution in [3.8, 4) is 5.75 Å². The molecule has 0 spiro atoms. The van der Waals surface area contributed by atoms with Crippen LogP contribution in [0.25, 0.3) is 0 Å². The van der Waals surface area contributed by atoms with E-state index in [1.165, 1.54) is 31.7 Å². The number of nitrogens with one attached hydrogen (secondary N) is 3. The molecule has 4 N–H and O–H groups in total. The van der Waals surface area contributed by atoms with Crippen LogP contribution in [0.4, 0.5) is 0 Å². The van der Waals surface area contributed by atoms with Gasteiger partial charge in [0.25, 0.3) is 5.91 Å². The third-order valence-electron chi connectivity index (χ3n) is 6.67. The van der Waals surface area contributed by atoms with E-state index in [1.807, 2.05) is 0 Å². The molecule has 3 atom stereocenters. The second-order valence-corrected chi connectivity index (χ2v) is 9.67.